The molecule has 1 saturated heterocycles. The minimum absolute atomic E-state index is 0.197. The SMILES string of the molecule is COc1cccc(C(=O)NCC(=O)NC2CCCN(c3ccn(C)n3)C2=O)c1. The number of ether oxygens (including phenoxy) is 1. The van der Waals surface area contributed by atoms with E-state index in [-0.39, 0.29) is 18.4 Å². The highest BCUT2D eigenvalue weighted by Crippen LogP contribution is 2.19. The maximum absolute atomic E-state index is 12.7. The first-order valence-corrected chi connectivity index (χ1v) is 9.00. The van der Waals surface area contributed by atoms with Crippen molar-refractivity contribution in [2.24, 2.45) is 7.05 Å². The molecule has 1 aliphatic heterocycles. The van der Waals surface area contributed by atoms with Crippen LogP contribution in [0.2, 0.25) is 0 Å². The first kappa shape index (κ1) is 19.4. The molecule has 2 N–H and O–H groups in total. The molecule has 1 atom stereocenters. The fourth-order valence-electron chi connectivity index (χ4n) is 3.06. The van der Waals surface area contributed by atoms with Crippen LogP contribution in [0.1, 0.15) is 23.2 Å². The van der Waals surface area contributed by atoms with Crippen LogP contribution in [0.25, 0.3) is 0 Å². The van der Waals surface area contributed by atoms with E-state index in [1.54, 1.807) is 53.2 Å². The van der Waals surface area contributed by atoms with Crippen LogP contribution in [0, 0.1) is 0 Å². The van der Waals surface area contributed by atoms with E-state index in [0.29, 0.717) is 30.1 Å². The van der Waals surface area contributed by atoms with Crippen LogP contribution in [-0.2, 0) is 16.6 Å². The van der Waals surface area contributed by atoms with Crippen molar-refractivity contribution in [3.05, 3.63) is 42.1 Å². The van der Waals surface area contributed by atoms with Crippen LogP contribution in [0.15, 0.2) is 36.5 Å². The molecule has 0 bridgehead atoms. The maximum Gasteiger partial charge on any atom is 0.251 e. The van der Waals surface area contributed by atoms with Gasteiger partial charge in [0.15, 0.2) is 5.82 Å². The van der Waals surface area contributed by atoms with Gasteiger partial charge in [-0.15, -0.1) is 0 Å². The van der Waals surface area contributed by atoms with Gasteiger partial charge in [-0.25, -0.2) is 0 Å². The average Bonchev–Trinajstić information content (AvgIpc) is 3.13. The van der Waals surface area contributed by atoms with Crippen LogP contribution in [0.5, 0.6) is 5.75 Å². The molecule has 1 unspecified atom stereocenters. The molecule has 1 aromatic heterocycles. The van der Waals surface area contributed by atoms with Crippen molar-refractivity contribution in [1.29, 1.82) is 0 Å². The summed E-state index contributed by atoms with van der Waals surface area (Å²) in [5.41, 5.74) is 0.391. The smallest absolute Gasteiger partial charge is 0.251 e. The zero-order valence-electron chi connectivity index (χ0n) is 15.8. The Morgan fingerprint density at radius 2 is 2.14 bits per heavy atom. The number of carbonyl (C=O) groups is 3. The number of aryl methyl sites for hydroxylation is 1. The molecule has 2 heterocycles. The maximum atomic E-state index is 12.7. The standard InChI is InChI=1S/C19H23N5O4/c1-23-10-8-16(22-23)24-9-4-7-15(19(24)27)21-17(25)12-20-18(26)13-5-3-6-14(11-13)28-2/h3,5-6,8,10-11,15H,4,7,9,12H2,1-2H3,(H,20,26)(H,21,25). The predicted octanol–water partition coefficient (Wildman–Crippen LogP) is 0.470. The second kappa shape index (κ2) is 8.55. The topological polar surface area (TPSA) is 106 Å². The molecule has 3 rings (SSSR count). The number of benzene rings is 1. The largest absolute Gasteiger partial charge is 0.497 e. The number of aromatic nitrogens is 2. The van der Waals surface area contributed by atoms with Crippen molar-refractivity contribution < 1.29 is 19.1 Å². The molecule has 9 nitrogen and oxygen atoms in total. The van der Waals surface area contributed by atoms with E-state index in [4.69, 9.17) is 4.74 Å². The van der Waals surface area contributed by atoms with Crippen molar-refractivity contribution >= 4 is 23.5 Å². The van der Waals surface area contributed by atoms with E-state index >= 15 is 0 Å². The molecule has 1 fully saturated rings. The van der Waals surface area contributed by atoms with Gasteiger partial charge in [0.05, 0.1) is 13.7 Å². The van der Waals surface area contributed by atoms with Gasteiger partial charge in [-0.2, -0.15) is 5.10 Å². The number of nitrogens with zero attached hydrogens (tertiary/aromatic N) is 3. The summed E-state index contributed by atoms with van der Waals surface area (Å²) in [7, 11) is 3.29. The van der Waals surface area contributed by atoms with E-state index in [9.17, 15) is 14.4 Å². The Bertz CT molecular complexity index is 879. The highest BCUT2D eigenvalue weighted by atomic mass is 16.5. The Labute approximate surface area is 162 Å². The van der Waals surface area contributed by atoms with Gasteiger partial charge in [-0.1, -0.05) is 6.07 Å². The third kappa shape index (κ3) is 4.48. The molecular weight excluding hydrogens is 362 g/mol. The molecule has 1 aromatic carbocycles. The van der Waals surface area contributed by atoms with Crippen LogP contribution in [0.3, 0.4) is 0 Å². The van der Waals surface area contributed by atoms with Crippen LogP contribution in [-0.4, -0.2) is 53.7 Å². The number of hydrogen-bond acceptors (Lipinski definition) is 5. The fraction of sp³-hybridized carbons (Fsp3) is 0.368. The summed E-state index contributed by atoms with van der Waals surface area (Å²) in [4.78, 5) is 38.6. The number of piperidine rings is 1. The zero-order valence-corrected chi connectivity index (χ0v) is 15.8. The minimum atomic E-state index is -0.628. The number of carbonyl (C=O) groups excluding carboxylic acids is 3. The van der Waals surface area contributed by atoms with Gasteiger partial charge in [0, 0.05) is 31.4 Å². The number of methoxy groups -OCH3 is 1. The molecule has 2 aromatic rings. The first-order chi connectivity index (χ1) is 13.5. The molecule has 1 aliphatic rings. The normalized spacial score (nSPS) is 16.6. The van der Waals surface area contributed by atoms with Gasteiger partial charge in [-0.05, 0) is 31.0 Å². The summed E-state index contributed by atoms with van der Waals surface area (Å²) in [6, 6.07) is 7.77. The van der Waals surface area contributed by atoms with E-state index in [0.717, 1.165) is 6.42 Å². The Kier molecular flexibility index (Phi) is 5.93. The molecule has 0 spiro atoms. The first-order valence-electron chi connectivity index (χ1n) is 9.00. The summed E-state index contributed by atoms with van der Waals surface area (Å²) in [5.74, 6) is 0.117. The van der Waals surface area contributed by atoms with Gasteiger partial charge in [0.2, 0.25) is 5.91 Å². The average molecular weight is 385 g/mol. The number of anilines is 1. The van der Waals surface area contributed by atoms with Crippen molar-refractivity contribution in [2.75, 3.05) is 25.1 Å². The highest BCUT2D eigenvalue weighted by molar-refractivity contribution is 6.00. The van der Waals surface area contributed by atoms with Gasteiger partial charge < -0.3 is 15.4 Å². The monoisotopic (exact) mass is 385 g/mol. The summed E-state index contributed by atoms with van der Waals surface area (Å²) < 4.78 is 6.71. The lowest BCUT2D eigenvalue weighted by Gasteiger charge is -2.31. The Balaban J connectivity index is 1.53. The molecule has 0 radical (unpaired) electrons. The lowest BCUT2D eigenvalue weighted by molar-refractivity contribution is -0.128. The number of rotatable bonds is 6. The van der Waals surface area contributed by atoms with Crippen molar-refractivity contribution in [2.45, 2.75) is 18.9 Å². The minimum Gasteiger partial charge on any atom is -0.497 e. The second-order valence-electron chi connectivity index (χ2n) is 6.51. The quantitative estimate of drug-likeness (QED) is 0.752. The summed E-state index contributed by atoms with van der Waals surface area (Å²) in [6.45, 7) is 0.345. The molecule has 9 heteroatoms. The van der Waals surface area contributed by atoms with E-state index in [2.05, 4.69) is 15.7 Å². The van der Waals surface area contributed by atoms with E-state index in [1.807, 2.05) is 0 Å². The molecule has 28 heavy (non-hydrogen) atoms. The lowest BCUT2D eigenvalue weighted by atomic mass is 10.0. The predicted molar refractivity (Wildman–Crippen MR) is 102 cm³/mol. The highest BCUT2D eigenvalue weighted by Gasteiger charge is 2.31. The second-order valence-corrected chi connectivity index (χ2v) is 6.51. The zero-order chi connectivity index (χ0) is 20.1. The summed E-state index contributed by atoms with van der Waals surface area (Å²) >= 11 is 0. The van der Waals surface area contributed by atoms with Crippen LogP contribution in [0.4, 0.5) is 5.82 Å². The van der Waals surface area contributed by atoms with Crippen molar-refractivity contribution in [1.82, 2.24) is 20.4 Å². The molecule has 0 aliphatic carbocycles. The summed E-state index contributed by atoms with van der Waals surface area (Å²) in [5, 5.41) is 9.50. The Morgan fingerprint density at radius 3 is 2.86 bits per heavy atom. The Morgan fingerprint density at radius 1 is 1.32 bits per heavy atom. The third-order valence-corrected chi connectivity index (χ3v) is 4.49. The number of nitrogens with one attached hydrogen (secondary N) is 2. The molecule has 0 saturated carbocycles. The Hall–Kier alpha value is -3.36. The molecular formula is C19H23N5O4. The summed E-state index contributed by atoms with van der Waals surface area (Å²) in [6.07, 6.45) is 3.07. The number of hydrogen-bond donors (Lipinski definition) is 2. The van der Waals surface area contributed by atoms with Crippen molar-refractivity contribution in [3.8, 4) is 5.75 Å². The van der Waals surface area contributed by atoms with Crippen LogP contribution >= 0.6 is 0 Å². The van der Waals surface area contributed by atoms with E-state index in [1.165, 1.54) is 7.11 Å². The van der Waals surface area contributed by atoms with Gasteiger partial charge in [-0.3, -0.25) is 24.0 Å². The third-order valence-electron chi connectivity index (χ3n) is 4.49. The lowest BCUT2D eigenvalue weighted by Crippen LogP contribution is -2.54. The van der Waals surface area contributed by atoms with Crippen molar-refractivity contribution in [3.63, 3.8) is 0 Å². The van der Waals surface area contributed by atoms with Gasteiger partial charge in [0.1, 0.15) is 11.8 Å². The van der Waals surface area contributed by atoms with Gasteiger partial charge in [0.25, 0.3) is 11.8 Å². The van der Waals surface area contributed by atoms with E-state index < -0.39 is 11.9 Å². The molecule has 3 amide bonds. The van der Waals surface area contributed by atoms with Gasteiger partial charge >= 0.3 is 0 Å². The number of amides is 3. The van der Waals surface area contributed by atoms with Crippen LogP contribution < -0.4 is 20.3 Å². The fourth-order valence-corrected chi connectivity index (χ4v) is 3.06. The molecule has 148 valence electrons.